The van der Waals surface area contributed by atoms with E-state index in [0.29, 0.717) is 24.6 Å². The average molecular weight is 435 g/mol. The molecule has 0 fully saturated rings. The largest absolute Gasteiger partial charge is 0.454 e. The number of allylic oxidation sites excluding steroid dienone is 2. The van der Waals surface area contributed by atoms with Crippen molar-refractivity contribution in [2.75, 3.05) is 19.9 Å². The topological polar surface area (TPSA) is 119 Å². The molecule has 0 unspecified atom stereocenters. The zero-order chi connectivity index (χ0) is 23.0. The second-order valence-electron chi connectivity index (χ2n) is 8.47. The molecule has 2 aromatic rings. The van der Waals surface area contributed by atoms with Gasteiger partial charge in [0.2, 0.25) is 6.79 Å². The first-order valence-corrected chi connectivity index (χ1v) is 10.7. The van der Waals surface area contributed by atoms with E-state index < -0.39 is 11.3 Å². The number of benzene rings is 2. The van der Waals surface area contributed by atoms with Gasteiger partial charge in [-0.2, -0.15) is 15.8 Å². The van der Waals surface area contributed by atoms with Gasteiger partial charge in [-0.15, -0.1) is 0 Å². The van der Waals surface area contributed by atoms with Crippen molar-refractivity contribution >= 4 is 0 Å². The van der Waals surface area contributed by atoms with E-state index in [2.05, 4.69) is 35.2 Å². The molecular formula is C26H21N5O2. The van der Waals surface area contributed by atoms with Crippen LogP contribution in [0.15, 0.2) is 71.5 Å². The summed E-state index contributed by atoms with van der Waals surface area (Å²) in [7, 11) is 0. The summed E-state index contributed by atoms with van der Waals surface area (Å²) in [5.41, 5.74) is 7.75. The van der Waals surface area contributed by atoms with E-state index in [-0.39, 0.29) is 24.0 Å². The Morgan fingerprint density at radius 2 is 1.79 bits per heavy atom. The molecule has 0 saturated heterocycles. The van der Waals surface area contributed by atoms with Gasteiger partial charge in [-0.3, -0.25) is 4.90 Å². The SMILES string of the molecule is N#CC1=C(N)C(C#N)(C#N)[C@H](c2ccc3c(c2)OCO3)[C@H]2CN(Cc3ccccc3)CC=C12. The molecule has 0 amide bonds. The van der Waals surface area contributed by atoms with Gasteiger partial charge < -0.3 is 15.2 Å². The van der Waals surface area contributed by atoms with Gasteiger partial charge in [0.15, 0.2) is 16.9 Å². The fraction of sp³-hybridized carbons (Fsp3) is 0.269. The Kier molecular flexibility index (Phi) is 5.02. The van der Waals surface area contributed by atoms with Crippen molar-refractivity contribution in [2.45, 2.75) is 12.5 Å². The first-order chi connectivity index (χ1) is 16.1. The summed E-state index contributed by atoms with van der Waals surface area (Å²) in [5.74, 6) is 0.377. The molecule has 162 valence electrons. The van der Waals surface area contributed by atoms with Crippen molar-refractivity contribution in [1.82, 2.24) is 4.90 Å². The molecule has 0 aromatic heterocycles. The molecule has 7 heteroatoms. The molecule has 2 heterocycles. The van der Waals surface area contributed by atoms with Gasteiger partial charge in [0.05, 0.1) is 23.4 Å². The summed E-state index contributed by atoms with van der Waals surface area (Å²) in [6.45, 7) is 2.09. The van der Waals surface area contributed by atoms with Crippen LogP contribution in [0.5, 0.6) is 11.5 Å². The normalized spacial score (nSPS) is 23.0. The van der Waals surface area contributed by atoms with Crippen molar-refractivity contribution in [2.24, 2.45) is 17.1 Å². The average Bonchev–Trinajstić information content (AvgIpc) is 3.32. The Morgan fingerprint density at radius 1 is 1.03 bits per heavy atom. The van der Waals surface area contributed by atoms with Crippen molar-refractivity contribution < 1.29 is 9.47 Å². The van der Waals surface area contributed by atoms with E-state index in [1.54, 1.807) is 6.07 Å². The third-order valence-electron chi connectivity index (χ3n) is 6.74. The van der Waals surface area contributed by atoms with E-state index in [1.165, 1.54) is 5.56 Å². The highest BCUT2D eigenvalue weighted by atomic mass is 16.7. The highest BCUT2D eigenvalue weighted by Gasteiger charge is 2.54. The van der Waals surface area contributed by atoms with Crippen LogP contribution in [-0.4, -0.2) is 24.8 Å². The number of fused-ring (bicyclic) bond motifs is 2. The van der Waals surface area contributed by atoms with Gasteiger partial charge in [0.1, 0.15) is 6.07 Å². The summed E-state index contributed by atoms with van der Waals surface area (Å²) >= 11 is 0. The van der Waals surface area contributed by atoms with Crippen LogP contribution >= 0.6 is 0 Å². The summed E-state index contributed by atoms with van der Waals surface area (Å²) in [6, 6.07) is 22.2. The standard InChI is InChI=1S/C26H21N5O2/c27-11-20-19-8-9-31(12-17-4-2-1-3-5-17)13-21(19)24(26(14-28,15-29)25(20)30)18-6-7-22-23(10-18)33-16-32-22/h1-8,10,21,24H,9,12-13,16,30H2/t21-,24+/m0/s1. The number of hydrogen-bond acceptors (Lipinski definition) is 7. The molecule has 7 nitrogen and oxygen atoms in total. The first-order valence-electron chi connectivity index (χ1n) is 10.7. The summed E-state index contributed by atoms with van der Waals surface area (Å²) < 4.78 is 11.0. The molecule has 2 atom stereocenters. The summed E-state index contributed by atoms with van der Waals surface area (Å²) in [4.78, 5) is 2.26. The fourth-order valence-corrected chi connectivity index (χ4v) is 5.19. The van der Waals surface area contributed by atoms with Gasteiger partial charge in [0.25, 0.3) is 0 Å². The van der Waals surface area contributed by atoms with Crippen LogP contribution in [0.4, 0.5) is 0 Å². The van der Waals surface area contributed by atoms with Gasteiger partial charge in [-0.05, 0) is 28.8 Å². The predicted molar refractivity (Wildman–Crippen MR) is 119 cm³/mol. The Hall–Kier alpha value is -4.25. The number of nitrogens with two attached hydrogens (primary N) is 1. The molecule has 0 spiro atoms. The molecule has 2 aromatic carbocycles. The van der Waals surface area contributed by atoms with Crippen LogP contribution in [0.2, 0.25) is 0 Å². The lowest BCUT2D eigenvalue weighted by Crippen LogP contribution is -2.47. The monoisotopic (exact) mass is 435 g/mol. The molecule has 0 radical (unpaired) electrons. The van der Waals surface area contributed by atoms with Gasteiger partial charge in [-0.1, -0.05) is 42.5 Å². The van der Waals surface area contributed by atoms with Crippen molar-refractivity contribution in [1.29, 1.82) is 15.8 Å². The smallest absolute Gasteiger partial charge is 0.231 e. The molecule has 0 bridgehead atoms. The molecule has 1 aliphatic carbocycles. The van der Waals surface area contributed by atoms with Crippen LogP contribution in [0.3, 0.4) is 0 Å². The second-order valence-corrected chi connectivity index (χ2v) is 8.47. The Labute approximate surface area is 192 Å². The Balaban J connectivity index is 1.63. The van der Waals surface area contributed by atoms with Gasteiger partial charge in [0, 0.05) is 31.5 Å². The van der Waals surface area contributed by atoms with E-state index in [9.17, 15) is 15.8 Å². The van der Waals surface area contributed by atoms with Crippen LogP contribution in [0.1, 0.15) is 17.0 Å². The molecule has 0 saturated carbocycles. The van der Waals surface area contributed by atoms with Gasteiger partial charge >= 0.3 is 0 Å². The zero-order valence-electron chi connectivity index (χ0n) is 17.9. The van der Waals surface area contributed by atoms with Gasteiger partial charge in [-0.25, -0.2) is 0 Å². The summed E-state index contributed by atoms with van der Waals surface area (Å²) in [6.07, 6.45) is 2.02. The van der Waals surface area contributed by atoms with Crippen molar-refractivity contribution in [3.05, 3.63) is 82.6 Å². The number of nitriles is 3. The lowest BCUT2D eigenvalue weighted by molar-refractivity contribution is 0.173. The number of rotatable bonds is 3. The fourth-order valence-electron chi connectivity index (χ4n) is 5.19. The van der Waals surface area contributed by atoms with Crippen LogP contribution < -0.4 is 15.2 Å². The quantitative estimate of drug-likeness (QED) is 0.785. The molecule has 5 rings (SSSR count). The second kappa shape index (κ2) is 8.02. The number of nitrogens with zero attached hydrogens (tertiary/aromatic N) is 4. The van der Waals surface area contributed by atoms with E-state index in [4.69, 9.17) is 15.2 Å². The third kappa shape index (κ3) is 3.21. The Morgan fingerprint density at radius 3 is 2.52 bits per heavy atom. The molecule has 2 N–H and O–H groups in total. The third-order valence-corrected chi connectivity index (χ3v) is 6.74. The minimum Gasteiger partial charge on any atom is -0.454 e. The van der Waals surface area contributed by atoms with E-state index >= 15 is 0 Å². The number of hydrogen-bond donors (Lipinski definition) is 1. The predicted octanol–water partition coefficient (Wildman–Crippen LogP) is 3.34. The maximum atomic E-state index is 10.3. The van der Waals surface area contributed by atoms with Crippen LogP contribution in [0.25, 0.3) is 0 Å². The zero-order valence-corrected chi connectivity index (χ0v) is 17.9. The minimum atomic E-state index is -1.67. The maximum absolute atomic E-state index is 10.3. The van der Waals surface area contributed by atoms with Crippen LogP contribution in [0, 0.1) is 45.3 Å². The molecule has 2 aliphatic heterocycles. The first kappa shape index (κ1) is 20.6. The lowest BCUT2D eigenvalue weighted by atomic mass is 9.58. The Bertz CT molecular complexity index is 1280. The molecule has 3 aliphatic rings. The molecular weight excluding hydrogens is 414 g/mol. The highest BCUT2D eigenvalue weighted by molar-refractivity contribution is 5.60. The minimum absolute atomic E-state index is 0.0247. The molecule has 33 heavy (non-hydrogen) atoms. The van der Waals surface area contributed by atoms with Crippen molar-refractivity contribution in [3.63, 3.8) is 0 Å². The van der Waals surface area contributed by atoms with E-state index in [0.717, 1.165) is 17.7 Å². The lowest BCUT2D eigenvalue weighted by Gasteiger charge is -2.45. The highest BCUT2D eigenvalue weighted by Crippen LogP contribution is 2.55. The van der Waals surface area contributed by atoms with E-state index in [1.807, 2.05) is 36.4 Å². The van der Waals surface area contributed by atoms with Crippen LogP contribution in [-0.2, 0) is 6.54 Å². The number of ether oxygens (including phenoxy) is 2. The van der Waals surface area contributed by atoms with Crippen molar-refractivity contribution in [3.8, 4) is 29.7 Å². The maximum Gasteiger partial charge on any atom is 0.231 e. The summed E-state index contributed by atoms with van der Waals surface area (Å²) in [5, 5.41) is 30.4.